The van der Waals surface area contributed by atoms with Gasteiger partial charge in [-0.15, -0.1) is 0 Å². The van der Waals surface area contributed by atoms with Gasteiger partial charge >= 0.3 is 11.9 Å². The lowest BCUT2D eigenvalue weighted by Crippen LogP contribution is -2.29. The highest BCUT2D eigenvalue weighted by molar-refractivity contribution is 5.98. The molecule has 4 heteroatoms. The minimum absolute atomic E-state index is 0.226. The fourth-order valence-corrected chi connectivity index (χ4v) is 3.13. The molecule has 0 saturated heterocycles. The monoisotopic (exact) mass is 378 g/mol. The number of esters is 2. The predicted octanol–water partition coefficient (Wildman–Crippen LogP) is 5.36. The Morgan fingerprint density at radius 3 is 2.18 bits per heavy atom. The molecule has 0 heterocycles. The molecule has 146 valence electrons. The second-order valence-electron chi connectivity index (χ2n) is 7.66. The van der Waals surface area contributed by atoms with E-state index in [1.807, 2.05) is 51.1 Å². The van der Waals surface area contributed by atoms with Crippen LogP contribution in [-0.2, 0) is 24.7 Å². The van der Waals surface area contributed by atoms with Gasteiger partial charge in [0.25, 0.3) is 0 Å². The van der Waals surface area contributed by atoms with Gasteiger partial charge in [0.15, 0.2) is 6.61 Å². The van der Waals surface area contributed by atoms with Crippen molar-refractivity contribution in [3.05, 3.63) is 60.2 Å². The van der Waals surface area contributed by atoms with Crippen LogP contribution in [0.2, 0.25) is 0 Å². The van der Waals surface area contributed by atoms with E-state index in [2.05, 4.69) is 24.3 Å². The minimum atomic E-state index is -0.834. The third-order valence-electron chi connectivity index (χ3n) is 5.12. The van der Waals surface area contributed by atoms with Gasteiger partial charge in [0.1, 0.15) is 5.60 Å². The molecule has 3 rings (SSSR count). The zero-order valence-electron chi connectivity index (χ0n) is 16.8. The fraction of sp³-hybridized carbons (Fsp3) is 0.333. The summed E-state index contributed by atoms with van der Waals surface area (Å²) in [5, 5.41) is 4.58. The van der Waals surface area contributed by atoms with Crippen LogP contribution in [0.3, 0.4) is 0 Å². The molecule has 4 nitrogen and oxygen atoms in total. The van der Waals surface area contributed by atoms with Gasteiger partial charge in [0.05, 0.1) is 5.92 Å². The maximum absolute atomic E-state index is 12.2. The Kier molecular flexibility index (Phi) is 5.68. The Morgan fingerprint density at radius 2 is 1.54 bits per heavy atom. The lowest BCUT2D eigenvalue weighted by atomic mass is 9.94. The van der Waals surface area contributed by atoms with Gasteiger partial charge in [-0.25, -0.2) is 4.79 Å². The van der Waals surface area contributed by atoms with Crippen LogP contribution in [0.15, 0.2) is 54.6 Å². The summed E-state index contributed by atoms with van der Waals surface area (Å²) in [7, 11) is 0. The molecule has 3 aromatic rings. The smallest absolute Gasteiger partial charge is 0.345 e. The van der Waals surface area contributed by atoms with Crippen molar-refractivity contribution in [3.63, 3.8) is 0 Å². The number of hydrogen-bond acceptors (Lipinski definition) is 4. The summed E-state index contributed by atoms with van der Waals surface area (Å²) in [6.07, 6.45) is 0.672. The van der Waals surface area contributed by atoms with Gasteiger partial charge in [-0.05, 0) is 65.6 Å². The molecule has 0 aromatic heterocycles. The first-order valence-corrected chi connectivity index (χ1v) is 9.61. The number of carbonyl (C=O) groups is 2. The van der Waals surface area contributed by atoms with Gasteiger partial charge in [0.2, 0.25) is 0 Å². The average Bonchev–Trinajstić information content (AvgIpc) is 2.68. The molecule has 3 aromatic carbocycles. The van der Waals surface area contributed by atoms with Gasteiger partial charge in [-0.1, -0.05) is 50.2 Å². The number of rotatable bonds is 6. The van der Waals surface area contributed by atoms with Gasteiger partial charge in [-0.2, -0.15) is 0 Å². The molecule has 28 heavy (non-hydrogen) atoms. The number of benzene rings is 3. The van der Waals surface area contributed by atoms with Crippen LogP contribution < -0.4 is 0 Å². The summed E-state index contributed by atoms with van der Waals surface area (Å²) in [6.45, 7) is 6.98. The first-order valence-electron chi connectivity index (χ1n) is 9.61. The maximum Gasteiger partial charge on any atom is 0.345 e. The van der Waals surface area contributed by atoms with Crippen molar-refractivity contribution in [2.75, 3.05) is 6.61 Å². The molecule has 0 saturated carbocycles. The van der Waals surface area contributed by atoms with Crippen LogP contribution in [-0.4, -0.2) is 18.5 Å². The Hall–Kier alpha value is -2.88. The van der Waals surface area contributed by atoms with E-state index in [-0.39, 0.29) is 18.5 Å². The summed E-state index contributed by atoms with van der Waals surface area (Å²) < 4.78 is 10.7. The van der Waals surface area contributed by atoms with E-state index < -0.39 is 11.6 Å². The fourth-order valence-electron chi connectivity index (χ4n) is 3.13. The molecule has 0 fully saturated rings. The van der Waals surface area contributed by atoms with Gasteiger partial charge in [-0.3, -0.25) is 4.79 Å². The summed E-state index contributed by atoms with van der Waals surface area (Å²) in [4.78, 5) is 23.9. The molecular weight excluding hydrogens is 352 g/mol. The van der Waals surface area contributed by atoms with Crippen molar-refractivity contribution < 1.29 is 19.1 Å². The SMILES string of the molecule is CCC(C)C(=O)OCC(=O)OC(C)(C)c1ccc2cc3ccccc3cc2c1. The van der Waals surface area contributed by atoms with E-state index in [9.17, 15) is 9.59 Å². The van der Waals surface area contributed by atoms with Crippen LogP contribution in [0, 0.1) is 5.92 Å². The van der Waals surface area contributed by atoms with E-state index in [4.69, 9.17) is 9.47 Å². The standard InChI is InChI=1S/C24H26O4/c1-5-16(2)23(26)27-15-22(25)28-24(3,4)21-11-10-19-12-17-8-6-7-9-18(17)13-20(19)14-21/h6-14,16H,5,15H2,1-4H3. The quantitative estimate of drug-likeness (QED) is 0.428. The lowest BCUT2D eigenvalue weighted by molar-refractivity contribution is -0.169. The van der Waals surface area contributed by atoms with E-state index >= 15 is 0 Å². The summed E-state index contributed by atoms with van der Waals surface area (Å²) in [5.74, 6) is -1.16. The van der Waals surface area contributed by atoms with E-state index in [0.717, 1.165) is 16.3 Å². The van der Waals surface area contributed by atoms with Gasteiger partial charge < -0.3 is 9.47 Å². The van der Waals surface area contributed by atoms with E-state index in [1.54, 1.807) is 6.92 Å². The Morgan fingerprint density at radius 1 is 0.929 bits per heavy atom. The molecule has 0 aliphatic rings. The summed E-state index contributed by atoms with van der Waals surface area (Å²) in [5.41, 5.74) is 0.0524. The molecular formula is C24H26O4. The number of hydrogen-bond donors (Lipinski definition) is 0. The van der Waals surface area contributed by atoms with Crippen molar-refractivity contribution in [1.29, 1.82) is 0 Å². The molecule has 1 unspecified atom stereocenters. The van der Waals surface area contributed by atoms with E-state index in [1.165, 1.54) is 10.8 Å². The summed E-state index contributed by atoms with van der Waals surface area (Å²) >= 11 is 0. The Bertz CT molecular complexity index is 1020. The number of carbonyl (C=O) groups excluding carboxylic acids is 2. The molecule has 0 N–H and O–H groups in total. The lowest BCUT2D eigenvalue weighted by Gasteiger charge is -2.26. The van der Waals surface area contributed by atoms with Crippen LogP contribution >= 0.6 is 0 Å². The number of ether oxygens (including phenoxy) is 2. The molecule has 0 aliphatic carbocycles. The van der Waals surface area contributed by atoms with Crippen molar-refractivity contribution in [1.82, 2.24) is 0 Å². The highest BCUT2D eigenvalue weighted by Crippen LogP contribution is 2.30. The van der Waals surface area contributed by atoms with E-state index in [0.29, 0.717) is 6.42 Å². The van der Waals surface area contributed by atoms with Crippen molar-refractivity contribution in [3.8, 4) is 0 Å². The second kappa shape index (κ2) is 8.01. The maximum atomic E-state index is 12.2. The number of fused-ring (bicyclic) bond motifs is 2. The predicted molar refractivity (Wildman–Crippen MR) is 111 cm³/mol. The summed E-state index contributed by atoms with van der Waals surface area (Å²) in [6, 6.07) is 18.6. The molecule has 0 aliphatic heterocycles. The largest absolute Gasteiger partial charge is 0.453 e. The zero-order valence-corrected chi connectivity index (χ0v) is 16.8. The molecule has 0 radical (unpaired) electrons. The highest BCUT2D eigenvalue weighted by atomic mass is 16.6. The normalized spacial score (nSPS) is 12.7. The molecule has 1 atom stereocenters. The van der Waals surface area contributed by atoms with Crippen LogP contribution in [0.4, 0.5) is 0 Å². The minimum Gasteiger partial charge on any atom is -0.453 e. The Balaban J connectivity index is 1.77. The van der Waals surface area contributed by atoms with Crippen molar-refractivity contribution in [2.45, 2.75) is 39.7 Å². The van der Waals surface area contributed by atoms with Crippen LogP contribution in [0.1, 0.15) is 39.7 Å². The van der Waals surface area contributed by atoms with Crippen LogP contribution in [0.25, 0.3) is 21.5 Å². The second-order valence-corrected chi connectivity index (χ2v) is 7.66. The Labute approximate surface area is 165 Å². The van der Waals surface area contributed by atoms with Crippen molar-refractivity contribution in [2.24, 2.45) is 5.92 Å². The first-order chi connectivity index (χ1) is 13.3. The highest BCUT2D eigenvalue weighted by Gasteiger charge is 2.26. The topological polar surface area (TPSA) is 52.6 Å². The average molecular weight is 378 g/mol. The third-order valence-corrected chi connectivity index (χ3v) is 5.12. The van der Waals surface area contributed by atoms with Crippen molar-refractivity contribution >= 4 is 33.5 Å². The van der Waals surface area contributed by atoms with Gasteiger partial charge in [0, 0.05) is 0 Å². The third kappa shape index (κ3) is 4.33. The first kappa shape index (κ1) is 19.9. The molecule has 0 amide bonds. The molecule has 0 bridgehead atoms. The molecule has 0 spiro atoms. The van der Waals surface area contributed by atoms with Crippen LogP contribution in [0.5, 0.6) is 0 Å². The zero-order chi connectivity index (χ0) is 20.3.